The number of benzene rings is 2. The van der Waals surface area contributed by atoms with E-state index in [9.17, 15) is 9.90 Å². The predicted octanol–water partition coefficient (Wildman–Crippen LogP) is 3.85. The minimum atomic E-state index is -0.0493. The fourth-order valence-corrected chi connectivity index (χ4v) is 4.52. The summed E-state index contributed by atoms with van der Waals surface area (Å²) in [4.78, 5) is 22.2. The lowest BCUT2D eigenvalue weighted by molar-refractivity contribution is -0.117. The number of aromatic nitrogens is 1. The summed E-state index contributed by atoms with van der Waals surface area (Å²) in [6.07, 6.45) is 2.49. The summed E-state index contributed by atoms with van der Waals surface area (Å²) in [5.41, 5.74) is 2.14. The van der Waals surface area contributed by atoms with Gasteiger partial charge in [-0.3, -0.25) is 9.69 Å². The number of piperazine rings is 1. The van der Waals surface area contributed by atoms with E-state index in [0.717, 1.165) is 47.3 Å². The predicted molar refractivity (Wildman–Crippen MR) is 122 cm³/mol. The van der Waals surface area contributed by atoms with E-state index < -0.39 is 0 Å². The van der Waals surface area contributed by atoms with Gasteiger partial charge in [0.1, 0.15) is 5.75 Å². The maximum atomic E-state index is 12.4. The summed E-state index contributed by atoms with van der Waals surface area (Å²) in [6.45, 7) is 3.66. The van der Waals surface area contributed by atoms with Crippen molar-refractivity contribution in [2.75, 3.05) is 42.9 Å². The molecule has 0 atom stereocenters. The van der Waals surface area contributed by atoms with Gasteiger partial charge in [0.2, 0.25) is 5.91 Å². The lowest BCUT2D eigenvalue weighted by Gasteiger charge is -2.35. The fourth-order valence-electron chi connectivity index (χ4n) is 3.47. The third-order valence-electron chi connectivity index (χ3n) is 5.08. The summed E-state index contributed by atoms with van der Waals surface area (Å²) in [5.74, 6) is 0.220. The van der Waals surface area contributed by atoms with Crippen LogP contribution in [0.4, 0.5) is 10.8 Å². The van der Waals surface area contributed by atoms with Crippen LogP contribution >= 0.6 is 22.9 Å². The second-order valence-electron chi connectivity index (χ2n) is 7.23. The first-order valence-corrected chi connectivity index (χ1v) is 11.0. The zero-order chi connectivity index (χ0) is 20.9. The molecule has 8 heteroatoms. The average Bonchev–Trinajstić information content (AvgIpc) is 3.17. The Kier molecular flexibility index (Phi) is 6.52. The molecule has 0 unspecified atom stereocenters. The first-order chi connectivity index (χ1) is 14.6. The Morgan fingerprint density at radius 1 is 1.10 bits per heavy atom. The fraction of sp³-hybridized carbons (Fsp3) is 0.273. The van der Waals surface area contributed by atoms with E-state index >= 15 is 0 Å². The number of anilines is 2. The Bertz CT molecular complexity index is 1000. The molecule has 30 heavy (non-hydrogen) atoms. The number of amides is 1. The maximum absolute atomic E-state index is 12.4. The van der Waals surface area contributed by atoms with E-state index in [2.05, 4.69) is 20.1 Å². The molecule has 6 nitrogen and oxygen atoms in total. The number of phenolic OH excluding ortho intramolecular Hbond substituents is 1. The summed E-state index contributed by atoms with van der Waals surface area (Å²) in [7, 11) is 0. The van der Waals surface area contributed by atoms with E-state index in [0.29, 0.717) is 18.1 Å². The third kappa shape index (κ3) is 5.30. The molecule has 1 aliphatic heterocycles. The second-order valence-corrected chi connectivity index (χ2v) is 8.75. The van der Waals surface area contributed by atoms with Crippen molar-refractivity contribution in [1.82, 2.24) is 9.88 Å². The Hall–Kier alpha value is -2.61. The molecule has 156 valence electrons. The molecule has 1 fully saturated rings. The van der Waals surface area contributed by atoms with Crippen molar-refractivity contribution in [3.8, 4) is 5.75 Å². The molecule has 0 aliphatic carbocycles. The molecule has 1 aliphatic rings. The van der Waals surface area contributed by atoms with Gasteiger partial charge in [0.05, 0.1) is 6.54 Å². The molecule has 1 aromatic heterocycles. The molecule has 0 spiro atoms. The summed E-state index contributed by atoms with van der Waals surface area (Å²) in [6, 6.07) is 15.0. The average molecular weight is 443 g/mol. The number of hydrogen-bond acceptors (Lipinski definition) is 6. The van der Waals surface area contributed by atoms with E-state index in [1.165, 1.54) is 11.3 Å². The number of nitrogens with one attached hydrogen (secondary N) is 1. The number of carbonyl (C=O) groups excluding carboxylic acids is 1. The van der Waals surface area contributed by atoms with E-state index in [1.54, 1.807) is 18.3 Å². The molecule has 2 N–H and O–H groups in total. The maximum Gasteiger partial charge on any atom is 0.240 e. The van der Waals surface area contributed by atoms with Crippen LogP contribution in [0.15, 0.2) is 54.7 Å². The summed E-state index contributed by atoms with van der Waals surface area (Å²) >= 11 is 7.70. The Labute approximate surface area is 184 Å². The van der Waals surface area contributed by atoms with Crippen LogP contribution in [0.5, 0.6) is 5.75 Å². The number of thiazole rings is 1. The number of aromatic hydroxyl groups is 1. The summed E-state index contributed by atoms with van der Waals surface area (Å²) < 4.78 is 0. The topological polar surface area (TPSA) is 68.7 Å². The Morgan fingerprint density at radius 2 is 1.83 bits per heavy atom. The molecular formula is C22H23ClN4O2S. The molecule has 3 aromatic rings. The van der Waals surface area contributed by atoms with Crippen molar-refractivity contribution in [2.24, 2.45) is 0 Å². The third-order valence-corrected chi connectivity index (χ3v) is 6.36. The van der Waals surface area contributed by atoms with Crippen LogP contribution in [0.1, 0.15) is 10.4 Å². The van der Waals surface area contributed by atoms with Crippen LogP contribution in [0.25, 0.3) is 0 Å². The molecule has 1 amide bonds. The van der Waals surface area contributed by atoms with Crippen LogP contribution in [0, 0.1) is 0 Å². The number of hydrogen-bond donors (Lipinski definition) is 2. The van der Waals surface area contributed by atoms with E-state index in [-0.39, 0.29) is 11.7 Å². The van der Waals surface area contributed by atoms with Gasteiger partial charge in [-0.15, -0.1) is 11.3 Å². The Morgan fingerprint density at radius 3 is 2.57 bits per heavy atom. The highest BCUT2D eigenvalue weighted by Crippen LogP contribution is 2.25. The molecule has 1 saturated heterocycles. The monoisotopic (exact) mass is 442 g/mol. The van der Waals surface area contributed by atoms with Gasteiger partial charge < -0.3 is 15.3 Å². The van der Waals surface area contributed by atoms with Gasteiger partial charge in [-0.2, -0.15) is 0 Å². The number of phenols is 1. The zero-order valence-corrected chi connectivity index (χ0v) is 18.0. The molecule has 2 aromatic carbocycles. The summed E-state index contributed by atoms with van der Waals surface area (Å²) in [5, 5.41) is 13.7. The van der Waals surface area contributed by atoms with Crippen LogP contribution in [-0.2, 0) is 11.2 Å². The number of carbonyl (C=O) groups is 1. The van der Waals surface area contributed by atoms with Gasteiger partial charge in [-0.1, -0.05) is 29.8 Å². The van der Waals surface area contributed by atoms with Crippen molar-refractivity contribution in [1.29, 1.82) is 0 Å². The van der Waals surface area contributed by atoms with Gasteiger partial charge in [-0.25, -0.2) is 4.98 Å². The van der Waals surface area contributed by atoms with Gasteiger partial charge in [-0.05, 0) is 35.9 Å². The molecular weight excluding hydrogens is 420 g/mol. The highest BCUT2D eigenvalue weighted by molar-refractivity contribution is 7.15. The Balaban J connectivity index is 1.25. The lowest BCUT2D eigenvalue weighted by Crippen LogP contribution is -2.48. The molecule has 0 saturated carbocycles. The van der Waals surface area contributed by atoms with Crippen LogP contribution < -0.4 is 10.2 Å². The van der Waals surface area contributed by atoms with Crippen LogP contribution in [0.3, 0.4) is 0 Å². The minimum Gasteiger partial charge on any atom is -0.508 e. The molecule has 0 bridgehead atoms. The SMILES string of the molecule is O=C(CN1CCN(c2ccc(O)cc2)CC1)Nc1ncc(Cc2ccccc2Cl)s1. The van der Waals surface area contributed by atoms with Gasteiger partial charge in [0.15, 0.2) is 5.13 Å². The highest BCUT2D eigenvalue weighted by atomic mass is 35.5. The van der Waals surface area contributed by atoms with Crippen LogP contribution in [-0.4, -0.2) is 53.6 Å². The zero-order valence-electron chi connectivity index (χ0n) is 16.4. The molecule has 4 rings (SSSR count). The number of nitrogens with zero attached hydrogens (tertiary/aromatic N) is 3. The lowest BCUT2D eigenvalue weighted by atomic mass is 10.1. The van der Waals surface area contributed by atoms with Crippen molar-refractivity contribution in [2.45, 2.75) is 6.42 Å². The van der Waals surface area contributed by atoms with Gasteiger partial charge >= 0.3 is 0 Å². The first-order valence-electron chi connectivity index (χ1n) is 9.81. The molecule has 2 heterocycles. The van der Waals surface area contributed by atoms with Crippen molar-refractivity contribution in [3.63, 3.8) is 0 Å². The van der Waals surface area contributed by atoms with Crippen LogP contribution in [0.2, 0.25) is 5.02 Å². The van der Waals surface area contributed by atoms with E-state index in [1.807, 2.05) is 36.4 Å². The first kappa shape index (κ1) is 20.7. The standard InChI is InChI=1S/C22H23ClN4O2S/c23-20-4-2-1-3-16(20)13-19-14-24-22(30-19)25-21(29)15-26-9-11-27(12-10-26)17-5-7-18(28)8-6-17/h1-8,14,28H,9-13,15H2,(H,24,25,29). The number of rotatable bonds is 6. The minimum absolute atomic E-state index is 0.0493. The van der Waals surface area contributed by atoms with Crippen molar-refractivity contribution in [3.05, 3.63) is 70.2 Å². The smallest absolute Gasteiger partial charge is 0.240 e. The van der Waals surface area contributed by atoms with Crippen molar-refractivity contribution < 1.29 is 9.90 Å². The second kappa shape index (κ2) is 9.47. The van der Waals surface area contributed by atoms with Gasteiger partial charge in [0, 0.05) is 54.4 Å². The van der Waals surface area contributed by atoms with E-state index in [4.69, 9.17) is 11.6 Å². The highest BCUT2D eigenvalue weighted by Gasteiger charge is 2.20. The largest absolute Gasteiger partial charge is 0.508 e. The normalized spacial score (nSPS) is 14.6. The molecule has 0 radical (unpaired) electrons. The van der Waals surface area contributed by atoms with Gasteiger partial charge in [0.25, 0.3) is 0 Å². The van der Waals surface area contributed by atoms with Crippen molar-refractivity contribution >= 4 is 39.7 Å². The number of halogens is 1. The quantitative estimate of drug-likeness (QED) is 0.606.